The summed E-state index contributed by atoms with van der Waals surface area (Å²) in [5.41, 5.74) is 4.38. The molecule has 1 aromatic rings. The van der Waals surface area contributed by atoms with Crippen molar-refractivity contribution in [2.24, 2.45) is 0 Å². The molecule has 2 rings (SSSR count). The number of hydrazine groups is 1. The van der Waals surface area contributed by atoms with Gasteiger partial charge in [-0.25, -0.2) is 9.99 Å². The van der Waals surface area contributed by atoms with Crippen LogP contribution in [0.25, 0.3) is 0 Å². The van der Waals surface area contributed by atoms with Gasteiger partial charge in [-0.2, -0.15) is 0 Å². The predicted molar refractivity (Wildman–Crippen MR) is 64.9 cm³/mol. The van der Waals surface area contributed by atoms with Crippen LogP contribution in [0.4, 0.5) is 0 Å². The highest BCUT2D eigenvalue weighted by Crippen LogP contribution is 2.29. The fraction of sp³-hybridized carbons (Fsp3) is 0.500. The monoisotopic (exact) mass is 289 g/mol. The third kappa shape index (κ3) is 2.50. The first-order valence-corrected chi connectivity index (χ1v) is 6.11. The minimum atomic E-state index is 0.538. The molecule has 0 spiro atoms. The Labute approximate surface area is 103 Å². The van der Waals surface area contributed by atoms with Crippen LogP contribution in [0.2, 0.25) is 5.02 Å². The van der Waals surface area contributed by atoms with E-state index in [0.717, 1.165) is 24.1 Å². The summed E-state index contributed by atoms with van der Waals surface area (Å²) < 4.78 is 0.719. The first kappa shape index (κ1) is 11.3. The standard InChI is InChI=1S/C10H13BrClN3/c1-13-15-3-2-7(6-15)8-4-9(12)10(11)14-5-8/h4-5,7,13H,2-3,6H2,1H3/t7-/m1/s1. The van der Waals surface area contributed by atoms with Gasteiger partial charge in [0.2, 0.25) is 0 Å². The Bertz CT molecular complexity index is 359. The molecule has 1 atom stereocenters. The molecular formula is C10H13BrClN3. The highest BCUT2D eigenvalue weighted by Gasteiger charge is 2.23. The van der Waals surface area contributed by atoms with Gasteiger partial charge in [-0.15, -0.1) is 0 Å². The largest absolute Gasteiger partial charge is 0.258 e. The van der Waals surface area contributed by atoms with Crippen molar-refractivity contribution >= 4 is 27.5 Å². The summed E-state index contributed by atoms with van der Waals surface area (Å²) in [5, 5.41) is 2.90. The number of nitrogens with one attached hydrogen (secondary N) is 1. The van der Waals surface area contributed by atoms with Crippen LogP contribution in [0.5, 0.6) is 0 Å². The fourth-order valence-electron chi connectivity index (χ4n) is 1.89. The zero-order chi connectivity index (χ0) is 10.8. The van der Waals surface area contributed by atoms with Crippen LogP contribution in [-0.2, 0) is 0 Å². The summed E-state index contributed by atoms with van der Waals surface area (Å²) in [4.78, 5) is 4.22. The SMILES string of the molecule is CNN1CC[C@@H](c2cnc(Br)c(Cl)c2)C1. The quantitative estimate of drug-likeness (QED) is 0.848. The molecule has 3 nitrogen and oxygen atoms in total. The molecule has 1 aromatic heterocycles. The average molecular weight is 291 g/mol. The Morgan fingerprint density at radius 2 is 2.47 bits per heavy atom. The first-order valence-electron chi connectivity index (χ1n) is 4.94. The van der Waals surface area contributed by atoms with Crippen LogP contribution in [0.1, 0.15) is 17.9 Å². The minimum Gasteiger partial charge on any atom is -0.258 e. The van der Waals surface area contributed by atoms with Crippen molar-refractivity contribution in [3.63, 3.8) is 0 Å². The second-order valence-electron chi connectivity index (χ2n) is 3.70. The minimum absolute atomic E-state index is 0.538. The van der Waals surface area contributed by atoms with Gasteiger partial charge in [0.05, 0.1) is 5.02 Å². The predicted octanol–water partition coefficient (Wildman–Crippen LogP) is 2.42. The van der Waals surface area contributed by atoms with Gasteiger partial charge in [0.1, 0.15) is 4.60 Å². The van der Waals surface area contributed by atoms with Crippen LogP contribution >= 0.6 is 27.5 Å². The van der Waals surface area contributed by atoms with Crippen LogP contribution in [0.3, 0.4) is 0 Å². The van der Waals surface area contributed by atoms with Crippen LogP contribution < -0.4 is 5.43 Å². The summed E-state index contributed by atoms with van der Waals surface area (Å²) in [6, 6.07) is 2.00. The first-order chi connectivity index (χ1) is 7.20. The molecule has 2 heterocycles. The Hall–Kier alpha value is -0.160. The molecule has 5 heteroatoms. The average Bonchev–Trinajstić information content (AvgIpc) is 2.70. The zero-order valence-corrected chi connectivity index (χ0v) is 10.8. The van der Waals surface area contributed by atoms with Crippen molar-refractivity contribution in [1.82, 2.24) is 15.4 Å². The number of hydrogen-bond donors (Lipinski definition) is 1. The smallest absolute Gasteiger partial charge is 0.124 e. The van der Waals surface area contributed by atoms with E-state index in [1.807, 2.05) is 19.3 Å². The molecule has 0 radical (unpaired) electrons. The molecule has 1 aliphatic rings. The Balaban J connectivity index is 2.13. The normalized spacial score (nSPS) is 22.2. The van der Waals surface area contributed by atoms with Crippen LogP contribution in [0, 0.1) is 0 Å². The highest BCUT2D eigenvalue weighted by molar-refractivity contribution is 9.10. The molecule has 0 aliphatic carbocycles. The Kier molecular flexibility index (Phi) is 3.61. The van der Waals surface area contributed by atoms with E-state index >= 15 is 0 Å². The third-order valence-electron chi connectivity index (χ3n) is 2.79. The molecule has 1 saturated heterocycles. The Morgan fingerprint density at radius 1 is 1.67 bits per heavy atom. The van der Waals surface area contributed by atoms with Crippen LogP contribution in [-0.4, -0.2) is 30.1 Å². The highest BCUT2D eigenvalue weighted by atomic mass is 79.9. The van der Waals surface area contributed by atoms with Crippen molar-refractivity contribution in [2.75, 3.05) is 20.1 Å². The van der Waals surface area contributed by atoms with Gasteiger partial charge in [-0.3, -0.25) is 5.43 Å². The summed E-state index contributed by atoms with van der Waals surface area (Å²) in [6.07, 6.45) is 3.06. The zero-order valence-electron chi connectivity index (χ0n) is 8.50. The Morgan fingerprint density at radius 3 is 3.07 bits per heavy atom. The molecule has 82 valence electrons. The van der Waals surface area contributed by atoms with Crippen molar-refractivity contribution in [3.05, 3.63) is 27.5 Å². The lowest BCUT2D eigenvalue weighted by Crippen LogP contribution is -2.32. The van der Waals surface area contributed by atoms with E-state index in [-0.39, 0.29) is 0 Å². The molecule has 1 N–H and O–H groups in total. The maximum Gasteiger partial charge on any atom is 0.124 e. The van der Waals surface area contributed by atoms with E-state index in [1.165, 1.54) is 5.56 Å². The molecule has 0 unspecified atom stereocenters. The molecule has 0 aromatic carbocycles. The van der Waals surface area contributed by atoms with E-state index in [9.17, 15) is 0 Å². The lowest BCUT2D eigenvalue weighted by molar-refractivity contribution is 0.258. The fourth-order valence-corrected chi connectivity index (χ4v) is 2.29. The van der Waals surface area contributed by atoms with Crippen molar-refractivity contribution in [1.29, 1.82) is 0 Å². The van der Waals surface area contributed by atoms with Crippen molar-refractivity contribution in [2.45, 2.75) is 12.3 Å². The second-order valence-corrected chi connectivity index (χ2v) is 4.85. The maximum absolute atomic E-state index is 6.02. The van der Waals surface area contributed by atoms with E-state index in [4.69, 9.17) is 11.6 Å². The molecule has 0 bridgehead atoms. The van der Waals surface area contributed by atoms with Gasteiger partial charge < -0.3 is 0 Å². The molecule has 0 saturated carbocycles. The second kappa shape index (κ2) is 4.78. The number of nitrogens with zero attached hydrogens (tertiary/aromatic N) is 2. The number of aromatic nitrogens is 1. The number of rotatable bonds is 2. The molecule has 15 heavy (non-hydrogen) atoms. The van der Waals surface area contributed by atoms with Gasteiger partial charge in [0, 0.05) is 25.2 Å². The summed E-state index contributed by atoms with van der Waals surface area (Å²) in [6.45, 7) is 2.10. The lowest BCUT2D eigenvalue weighted by Gasteiger charge is -2.14. The van der Waals surface area contributed by atoms with Gasteiger partial charge in [-0.1, -0.05) is 11.6 Å². The van der Waals surface area contributed by atoms with Crippen molar-refractivity contribution < 1.29 is 0 Å². The van der Waals surface area contributed by atoms with E-state index in [1.54, 1.807) is 0 Å². The summed E-state index contributed by atoms with van der Waals surface area (Å²) in [5.74, 6) is 0.538. The molecule has 1 fully saturated rings. The number of pyridine rings is 1. The van der Waals surface area contributed by atoms with Gasteiger partial charge in [0.15, 0.2) is 0 Å². The van der Waals surface area contributed by atoms with Crippen LogP contribution in [0.15, 0.2) is 16.9 Å². The van der Waals surface area contributed by atoms with E-state index in [2.05, 4.69) is 31.3 Å². The molecule has 0 amide bonds. The molecular weight excluding hydrogens is 277 g/mol. The van der Waals surface area contributed by atoms with Gasteiger partial charge in [0.25, 0.3) is 0 Å². The van der Waals surface area contributed by atoms with Gasteiger partial charge >= 0.3 is 0 Å². The number of hydrogen-bond acceptors (Lipinski definition) is 3. The topological polar surface area (TPSA) is 28.2 Å². The van der Waals surface area contributed by atoms with Crippen molar-refractivity contribution in [3.8, 4) is 0 Å². The number of halogens is 2. The maximum atomic E-state index is 6.02. The molecule has 1 aliphatic heterocycles. The lowest BCUT2D eigenvalue weighted by atomic mass is 10.0. The van der Waals surface area contributed by atoms with E-state index in [0.29, 0.717) is 10.9 Å². The van der Waals surface area contributed by atoms with Gasteiger partial charge in [-0.05, 0) is 41.0 Å². The summed E-state index contributed by atoms with van der Waals surface area (Å²) in [7, 11) is 1.95. The summed E-state index contributed by atoms with van der Waals surface area (Å²) >= 11 is 9.32. The van der Waals surface area contributed by atoms with E-state index < -0.39 is 0 Å². The third-order valence-corrected chi connectivity index (χ3v) is 3.94.